The molecule has 0 unspecified atom stereocenters. The van der Waals surface area contributed by atoms with Gasteiger partial charge in [0.05, 0.1) is 5.56 Å². The van der Waals surface area contributed by atoms with Crippen LogP contribution in [0.5, 0.6) is 0 Å². The fourth-order valence-corrected chi connectivity index (χ4v) is 3.23. The zero-order chi connectivity index (χ0) is 20.4. The zero-order valence-corrected chi connectivity index (χ0v) is 17.6. The van der Waals surface area contributed by atoms with E-state index in [0.29, 0.717) is 23.4 Å². The number of amides is 1. The fraction of sp³-hybridized carbons (Fsp3) is 0.364. The molecule has 0 heterocycles. The SMILES string of the molecule is CCN(CC)CCOC(=O)c1ccc(NC(=O)c2ccc(CSC)cc2)cc1. The molecule has 0 aromatic heterocycles. The van der Waals surface area contributed by atoms with Gasteiger partial charge in [-0.25, -0.2) is 4.79 Å². The van der Waals surface area contributed by atoms with E-state index < -0.39 is 0 Å². The molecule has 28 heavy (non-hydrogen) atoms. The molecule has 0 fully saturated rings. The van der Waals surface area contributed by atoms with Gasteiger partial charge in [0, 0.05) is 23.5 Å². The lowest BCUT2D eigenvalue weighted by Gasteiger charge is -2.17. The van der Waals surface area contributed by atoms with Gasteiger partial charge in [0.25, 0.3) is 5.91 Å². The van der Waals surface area contributed by atoms with Crippen molar-refractivity contribution in [3.63, 3.8) is 0 Å². The second-order valence-electron chi connectivity index (χ2n) is 6.32. The minimum Gasteiger partial charge on any atom is -0.461 e. The van der Waals surface area contributed by atoms with Crippen LogP contribution in [0.4, 0.5) is 5.69 Å². The fourth-order valence-electron chi connectivity index (χ4n) is 2.70. The topological polar surface area (TPSA) is 58.6 Å². The summed E-state index contributed by atoms with van der Waals surface area (Å²) in [5.41, 5.74) is 2.90. The van der Waals surface area contributed by atoms with E-state index in [1.807, 2.05) is 30.5 Å². The Labute approximate surface area is 171 Å². The van der Waals surface area contributed by atoms with Crippen molar-refractivity contribution in [1.29, 1.82) is 0 Å². The first-order chi connectivity index (χ1) is 13.6. The minimum absolute atomic E-state index is 0.176. The number of thioether (sulfide) groups is 1. The maximum atomic E-state index is 12.4. The molecule has 1 N–H and O–H groups in total. The number of carbonyl (C=O) groups is 2. The first kappa shape index (κ1) is 22.0. The van der Waals surface area contributed by atoms with Crippen LogP contribution in [0.2, 0.25) is 0 Å². The van der Waals surface area contributed by atoms with Crippen LogP contribution >= 0.6 is 11.8 Å². The monoisotopic (exact) mass is 400 g/mol. The lowest BCUT2D eigenvalue weighted by molar-refractivity contribution is 0.0466. The maximum absolute atomic E-state index is 12.4. The Balaban J connectivity index is 1.87. The number of benzene rings is 2. The summed E-state index contributed by atoms with van der Waals surface area (Å²) < 4.78 is 5.31. The first-order valence-corrected chi connectivity index (χ1v) is 10.9. The molecule has 0 radical (unpaired) electrons. The van der Waals surface area contributed by atoms with E-state index in [-0.39, 0.29) is 11.9 Å². The first-order valence-electron chi connectivity index (χ1n) is 9.46. The molecule has 2 aromatic carbocycles. The van der Waals surface area contributed by atoms with Crippen LogP contribution in [0, 0.1) is 0 Å². The Morgan fingerprint density at radius 2 is 1.57 bits per heavy atom. The third-order valence-corrected chi connectivity index (χ3v) is 5.06. The highest BCUT2D eigenvalue weighted by atomic mass is 32.2. The van der Waals surface area contributed by atoms with Gasteiger partial charge < -0.3 is 15.0 Å². The molecule has 5 nitrogen and oxygen atoms in total. The standard InChI is InChI=1S/C22H28N2O3S/c1-4-24(5-2)14-15-27-22(26)19-10-12-20(13-11-19)23-21(25)18-8-6-17(7-9-18)16-28-3/h6-13H,4-5,14-16H2,1-3H3,(H,23,25). The number of esters is 1. The van der Waals surface area contributed by atoms with Gasteiger partial charge in [-0.05, 0) is 61.3 Å². The second kappa shape index (κ2) is 11.5. The van der Waals surface area contributed by atoms with Gasteiger partial charge in [0.1, 0.15) is 6.61 Å². The average Bonchev–Trinajstić information content (AvgIpc) is 2.72. The van der Waals surface area contributed by atoms with E-state index in [1.165, 1.54) is 5.56 Å². The van der Waals surface area contributed by atoms with Crippen molar-refractivity contribution in [2.24, 2.45) is 0 Å². The van der Waals surface area contributed by atoms with Gasteiger partial charge >= 0.3 is 5.97 Å². The minimum atomic E-state index is -0.352. The number of carbonyl (C=O) groups excluding carboxylic acids is 2. The van der Waals surface area contributed by atoms with Crippen LogP contribution in [0.25, 0.3) is 0 Å². The summed E-state index contributed by atoms with van der Waals surface area (Å²) in [5.74, 6) is 0.397. The highest BCUT2D eigenvalue weighted by Crippen LogP contribution is 2.14. The molecular weight excluding hydrogens is 372 g/mol. The van der Waals surface area contributed by atoms with Crippen LogP contribution < -0.4 is 5.32 Å². The highest BCUT2D eigenvalue weighted by molar-refractivity contribution is 7.97. The number of nitrogens with zero attached hydrogens (tertiary/aromatic N) is 1. The molecule has 0 saturated heterocycles. The molecule has 6 heteroatoms. The molecule has 1 amide bonds. The smallest absolute Gasteiger partial charge is 0.338 e. The predicted molar refractivity (Wildman–Crippen MR) is 116 cm³/mol. The third kappa shape index (κ3) is 6.69. The Kier molecular flexibility index (Phi) is 9.04. The number of hydrogen-bond donors (Lipinski definition) is 1. The predicted octanol–water partition coefficient (Wildman–Crippen LogP) is 4.30. The number of ether oxygens (including phenoxy) is 1. The molecular formula is C22H28N2O3S. The van der Waals surface area contributed by atoms with Crippen molar-refractivity contribution in [3.05, 3.63) is 65.2 Å². The number of hydrogen-bond acceptors (Lipinski definition) is 5. The van der Waals surface area contributed by atoms with Gasteiger partial charge in [0.15, 0.2) is 0 Å². The summed E-state index contributed by atoms with van der Waals surface area (Å²) in [6.07, 6.45) is 2.05. The van der Waals surface area contributed by atoms with Gasteiger partial charge in [-0.2, -0.15) is 11.8 Å². The molecule has 2 rings (SSSR count). The van der Waals surface area contributed by atoms with E-state index in [2.05, 4.69) is 24.1 Å². The molecule has 0 aliphatic rings. The van der Waals surface area contributed by atoms with Gasteiger partial charge in [-0.3, -0.25) is 4.79 Å². The molecule has 0 spiro atoms. The maximum Gasteiger partial charge on any atom is 0.338 e. The van der Waals surface area contributed by atoms with Crippen molar-refractivity contribution in [1.82, 2.24) is 4.90 Å². The molecule has 2 aromatic rings. The van der Waals surface area contributed by atoms with Crippen LogP contribution in [0.3, 0.4) is 0 Å². The van der Waals surface area contributed by atoms with Crippen LogP contribution in [0.15, 0.2) is 48.5 Å². The summed E-state index contributed by atoms with van der Waals surface area (Å²) in [7, 11) is 0. The largest absolute Gasteiger partial charge is 0.461 e. The summed E-state index contributed by atoms with van der Waals surface area (Å²) in [5, 5.41) is 2.85. The number of nitrogens with one attached hydrogen (secondary N) is 1. The highest BCUT2D eigenvalue weighted by Gasteiger charge is 2.10. The van der Waals surface area contributed by atoms with E-state index >= 15 is 0 Å². The lowest BCUT2D eigenvalue weighted by Crippen LogP contribution is -2.27. The van der Waals surface area contributed by atoms with Crippen molar-refractivity contribution in [3.8, 4) is 0 Å². The number of anilines is 1. The average molecular weight is 401 g/mol. The van der Waals surface area contributed by atoms with Crippen molar-refractivity contribution in [2.45, 2.75) is 19.6 Å². The molecule has 0 saturated carbocycles. The van der Waals surface area contributed by atoms with Crippen LogP contribution in [0.1, 0.15) is 40.1 Å². The van der Waals surface area contributed by atoms with E-state index in [0.717, 1.165) is 25.4 Å². The Morgan fingerprint density at radius 1 is 0.964 bits per heavy atom. The second-order valence-corrected chi connectivity index (χ2v) is 7.19. The lowest BCUT2D eigenvalue weighted by atomic mass is 10.1. The van der Waals surface area contributed by atoms with E-state index in [4.69, 9.17) is 4.74 Å². The number of rotatable bonds is 10. The summed E-state index contributed by atoms with van der Waals surface area (Å²) in [6.45, 7) is 7.12. The van der Waals surface area contributed by atoms with E-state index in [1.54, 1.807) is 36.0 Å². The molecule has 150 valence electrons. The van der Waals surface area contributed by atoms with Crippen LogP contribution in [-0.2, 0) is 10.5 Å². The van der Waals surface area contributed by atoms with Crippen molar-refractivity contribution >= 4 is 29.3 Å². The Morgan fingerprint density at radius 3 is 2.14 bits per heavy atom. The molecule has 0 aliphatic heterocycles. The molecule has 0 atom stereocenters. The van der Waals surface area contributed by atoms with Gasteiger partial charge in [-0.15, -0.1) is 0 Å². The Bertz CT molecular complexity index is 756. The molecule has 0 bridgehead atoms. The van der Waals surface area contributed by atoms with Crippen molar-refractivity contribution in [2.75, 3.05) is 37.8 Å². The van der Waals surface area contributed by atoms with Crippen molar-refractivity contribution < 1.29 is 14.3 Å². The quantitative estimate of drug-likeness (QED) is 0.603. The summed E-state index contributed by atoms with van der Waals surface area (Å²) in [4.78, 5) is 26.7. The number of likely N-dealkylation sites (N-methyl/N-ethyl adjacent to an activating group) is 1. The van der Waals surface area contributed by atoms with Gasteiger partial charge in [0.2, 0.25) is 0 Å². The summed E-state index contributed by atoms with van der Waals surface area (Å²) in [6, 6.07) is 14.3. The zero-order valence-electron chi connectivity index (χ0n) is 16.7. The van der Waals surface area contributed by atoms with Crippen LogP contribution in [-0.4, -0.2) is 49.3 Å². The normalized spacial score (nSPS) is 10.7. The third-order valence-electron chi connectivity index (χ3n) is 4.44. The molecule has 0 aliphatic carbocycles. The summed E-state index contributed by atoms with van der Waals surface area (Å²) >= 11 is 1.74. The van der Waals surface area contributed by atoms with Gasteiger partial charge in [-0.1, -0.05) is 26.0 Å². The van der Waals surface area contributed by atoms with E-state index in [9.17, 15) is 9.59 Å². The Hall–Kier alpha value is -2.31.